The molecule has 1 aliphatic rings. The molecule has 0 unspecified atom stereocenters. The largest absolute Gasteiger partial charge is 0.444 e. The van der Waals surface area contributed by atoms with Crippen molar-refractivity contribution in [2.75, 3.05) is 18.4 Å². The Morgan fingerprint density at radius 1 is 1.17 bits per heavy atom. The number of rotatable bonds is 4. The van der Waals surface area contributed by atoms with Crippen LogP contribution in [0.4, 0.5) is 14.9 Å². The highest BCUT2D eigenvalue weighted by atomic mass is 35.5. The Morgan fingerprint density at radius 2 is 1.86 bits per heavy atom. The van der Waals surface area contributed by atoms with E-state index in [-0.39, 0.29) is 24.7 Å². The fourth-order valence-corrected chi connectivity index (χ4v) is 4.77. The van der Waals surface area contributed by atoms with Gasteiger partial charge in [-0.1, -0.05) is 17.7 Å². The third kappa shape index (κ3) is 4.74. The molecule has 186 valence electrons. The monoisotopic (exact) mass is 499 g/mol. The molecule has 1 aromatic heterocycles. The lowest BCUT2D eigenvalue weighted by molar-refractivity contribution is -0.00547. The van der Waals surface area contributed by atoms with Crippen molar-refractivity contribution in [3.05, 3.63) is 74.9 Å². The third-order valence-corrected chi connectivity index (χ3v) is 6.68. The molecule has 0 radical (unpaired) electrons. The molecule has 0 spiro atoms. The van der Waals surface area contributed by atoms with E-state index in [0.29, 0.717) is 27.2 Å². The highest BCUT2D eigenvalue weighted by Crippen LogP contribution is 2.41. The zero-order valence-electron chi connectivity index (χ0n) is 20.9. The number of hydrogen-bond acceptors (Lipinski definition) is 4. The van der Waals surface area contributed by atoms with Crippen LogP contribution < -0.4 is 10.9 Å². The van der Waals surface area contributed by atoms with E-state index < -0.39 is 23.1 Å². The molecule has 0 aliphatic carbocycles. The third-order valence-electron chi connectivity index (χ3n) is 6.27. The zero-order chi connectivity index (χ0) is 25.7. The van der Waals surface area contributed by atoms with Crippen molar-refractivity contribution in [2.24, 2.45) is 0 Å². The predicted octanol–water partition coefficient (Wildman–Crippen LogP) is 6.24. The number of halogens is 2. The summed E-state index contributed by atoms with van der Waals surface area (Å²) in [6, 6.07) is 10.3. The summed E-state index contributed by atoms with van der Waals surface area (Å²) in [6.07, 6.45) is 1.33. The molecule has 35 heavy (non-hydrogen) atoms. The molecule has 8 heteroatoms. The van der Waals surface area contributed by atoms with Gasteiger partial charge in [0.05, 0.1) is 13.1 Å². The molecule has 0 saturated carbocycles. The van der Waals surface area contributed by atoms with E-state index in [2.05, 4.69) is 5.32 Å². The van der Waals surface area contributed by atoms with Crippen molar-refractivity contribution in [3.8, 4) is 0 Å². The van der Waals surface area contributed by atoms with Gasteiger partial charge >= 0.3 is 6.09 Å². The summed E-state index contributed by atoms with van der Waals surface area (Å²) in [5, 5.41) is 5.26. The van der Waals surface area contributed by atoms with Gasteiger partial charge in [-0.25, -0.2) is 9.18 Å². The molecular formula is C27H31ClFN3O3. The van der Waals surface area contributed by atoms with Crippen molar-refractivity contribution >= 4 is 34.2 Å². The lowest BCUT2D eigenvalue weighted by atomic mass is 9.79. The van der Waals surface area contributed by atoms with Crippen LogP contribution in [0.3, 0.4) is 0 Å². The van der Waals surface area contributed by atoms with E-state index in [9.17, 15) is 9.59 Å². The first kappa shape index (κ1) is 25.0. The number of benzene rings is 2. The average Bonchev–Trinajstić information content (AvgIpc) is 2.73. The van der Waals surface area contributed by atoms with Crippen LogP contribution in [0.15, 0.2) is 47.4 Å². The lowest BCUT2D eigenvalue weighted by Gasteiger charge is -2.51. The maximum absolute atomic E-state index is 15.2. The van der Waals surface area contributed by atoms with Crippen molar-refractivity contribution in [1.82, 2.24) is 9.47 Å². The number of amides is 1. The molecule has 3 aromatic rings. The minimum Gasteiger partial charge on any atom is -0.444 e. The maximum atomic E-state index is 15.2. The van der Waals surface area contributed by atoms with Crippen LogP contribution in [0.1, 0.15) is 51.8 Å². The van der Waals surface area contributed by atoms with Gasteiger partial charge in [0, 0.05) is 33.9 Å². The van der Waals surface area contributed by atoms with Crippen LogP contribution in [0, 0.1) is 12.7 Å². The average molecular weight is 500 g/mol. The molecule has 2 heterocycles. The molecule has 1 amide bonds. The number of anilines is 1. The van der Waals surface area contributed by atoms with E-state index >= 15 is 4.39 Å². The number of carbonyl (C=O) groups excluding carboxylic acids is 1. The Labute approximate surface area is 209 Å². The van der Waals surface area contributed by atoms with E-state index in [1.54, 1.807) is 44.5 Å². The van der Waals surface area contributed by atoms with Crippen molar-refractivity contribution in [3.63, 3.8) is 0 Å². The molecule has 0 atom stereocenters. The standard InChI is InChI=1S/C27H31ClFN3O3/c1-16(2)32-12-11-18-7-8-19(13-20(18)24(32)33)30-27(23-17(3)21(28)9-10-22(23)29)14-31(15-27)25(34)35-26(4,5)6/h7-13,16,30H,14-15H2,1-6H3. The number of pyridine rings is 1. The normalized spacial score (nSPS) is 15.3. The number of nitrogens with one attached hydrogen (secondary N) is 1. The van der Waals surface area contributed by atoms with E-state index in [4.69, 9.17) is 16.3 Å². The SMILES string of the molecule is Cc1c(Cl)ccc(F)c1C1(Nc2ccc3ccn(C(C)C)c(=O)c3c2)CN(C(=O)OC(C)(C)C)C1. The summed E-state index contributed by atoms with van der Waals surface area (Å²) in [5.74, 6) is -0.411. The van der Waals surface area contributed by atoms with Crippen molar-refractivity contribution in [1.29, 1.82) is 0 Å². The highest BCUT2D eigenvalue weighted by Gasteiger charge is 2.50. The van der Waals surface area contributed by atoms with Crippen molar-refractivity contribution in [2.45, 2.75) is 58.7 Å². The zero-order valence-corrected chi connectivity index (χ0v) is 21.7. The predicted molar refractivity (Wildman–Crippen MR) is 138 cm³/mol. The van der Waals surface area contributed by atoms with E-state index in [1.807, 2.05) is 32.0 Å². The van der Waals surface area contributed by atoms with Gasteiger partial charge < -0.3 is 19.5 Å². The van der Waals surface area contributed by atoms with Gasteiger partial charge in [-0.3, -0.25) is 4.79 Å². The molecule has 0 bridgehead atoms. The van der Waals surface area contributed by atoms with Gasteiger partial charge in [0.1, 0.15) is 17.0 Å². The molecule has 1 saturated heterocycles. The quantitative estimate of drug-likeness (QED) is 0.461. The number of nitrogens with zero attached hydrogens (tertiary/aromatic N) is 2. The summed E-state index contributed by atoms with van der Waals surface area (Å²) >= 11 is 6.36. The number of aromatic nitrogens is 1. The summed E-state index contributed by atoms with van der Waals surface area (Å²) in [7, 11) is 0. The van der Waals surface area contributed by atoms with Crippen LogP contribution in [-0.2, 0) is 10.3 Å². The van der Waals surface area contributed by atoms with Gasteiger partial charge in [-0.2, -0.15) is 0 Å². The number of ether oxygens (including phenoxy) is 1. The fourth-order valence-electron chi connectivity index (χ4n) is 4.62. The van der Waals surface area contributed by atoms with Gasteiger partial charge in [0.15, 0.2) is 0 Å². The Hall–Kier alpha value is -3.06. The van der Waals surface area contributed by atoms with Crippen LogP contribution in [0.25, 0.3) is 10.8 Å². The van der Waals surface area contributed by atoms with Crippen LogP contribution in [-0.4, -0.2) is 34.3 Å². The maximum Gasteiger partial charge on any atom is 0.410 e. The second-order valence-corrected chi connectivity index (χ2v) is 10.9. The number of fused-ring (bicyclic) bond motifs is 1. The molecule has 1 aliphatic heterocycles. The summed E-state index contributed by atoms with van der Waals surface area (Å²) in [6.45, 7) is 11.4. The molecular weight excluding hydrogens is 469 g/mol. The first-order valence-electron chi connectivity index (χ1n) is 11.7. The first-order valence-corrected chi connectivity index (χ1v) is 12.1. The van der Waals surface area contributed by atoms with Gasteiger partial charge in [-0.15, -0.1) is 0 Å². The van der Waals surface area contributed by atoms with Crippen molar-refractivity contribution < 1.29 is 13.9 Å². The molecule has 1 fully saturated rings. The van der Waals surface area contributed by atoms with E-state index in [0.717, 1.165) is 5.39 Å². The molecule has 2 aromatic carbocycles. The Morgan fingerprint density at radius 3 is 2.49 bits per heavy atom. The lowest BCUT2D eigenvalue weighted by Crippen LogP contribution is -2.66. The fraction of sp³-hybridized carbons (Fsp3) is 0.407. The first-order chi connectivity index (χ1) is 16.3. The minimum absolute atomic E-state index is 0.0204. The number of carbonyl (C=O) groups is 1. The summed E-state index contributed by atoms with van der Waals surface area (Å²) in [4.78, 5) is 27.3. The van der Waals surface area contributed by atoms with Gasteiger partial charge in [-0.05, 0) is 82.8 Å². The second kappa shape index (κ2) is 8.86. The van der Waals surface area contributed by atoms with Crippen LogP contribution in [0.5, 0.6) is 0 Å². The number of likely N-dealkylation sites (tertiary alicyclic amines) is 1. The smallest absolute Gasteiger partial charge is 0.410 e. The van der Waals surface area contributed by atoms with Crippen LogP contribution >= 0.6 is 11.6 Å². The van der Waals surface area contributed by atoms with Crippen LogP contribution in [0.2, 0.25) is 5.02 Å². The Bertz CT molecular complexity index is 1350. The Balaban J connectivity index is 1.76. The minimum atomic E-state index is -0.935. The second-order valence-electron chi connectivity index (χ2n) is 10.5. The van der Waals surface area contributed by atoms with Gasteiger partial charge in [0.25, 0.3) is 5.56 Å². The molecule has 1 N–H and O–H groups in total. The van der Waals surface area contributed by atoms with Gasteiger partial charge in [0.2, 0.25) is 0 Å². The molecule has 6 nitrogen and oxygen atoms in total. The molecule has 4 rings (SSSR count). The number of hydrogen-bond donors (Lipinski definition) is 1. The topological polar surface area (TPSA) is 63.6 Å². The summed E-state index contributed by atoms with van der Waals surface area (Å²) < 4.78 is 22.4. The highest BCUT2D eigenvalue weighted by molar-refractivity contribution is 6.31. The summed E-state index contributed by atoms with van der Waals surface area (Å²) in [5.41, 5.74) is -0.0176. The Kier molecular flexibility index (Phi) is 6.34. The van der Waals surface area contributed by atoms with E-state index in [1.165, 1.54) is 17.0 Å².